The highest BCUT2D eigenvalue weighted by Crippen LogP contribution is 2.21. The quantitative estimate of drug-likeness (QED) is 0.626. The van der Waals surface area contributed by atoms with E-state index in [-0.39, 0.29) is 10.6 Å². The molecule has 0 aliphatic carbocycles. The minimum absolute atomic E-state index is 0.126. The van der Waals surface area contributed by atoms with Gasteiger partial charge in [-0.3, -0.25) is 10.1 Å². The van der Waals surface area contributed by atoms with Crippen molar-refractivity contribution in [1.82, 2.24) is 0 Å². The Morgan fingerprint density at radius 3 is 1.88 bits per heavy atom. The van der Waals surface area contributed by atoms with Crippen LogP contribution in [0.15, 0.2) is 24.3 Å². The summed E-state index contributed by atoms with van der Waals surface area (Å²) in [6.45, 7) is 8.68. The Balaban J connectivity index is 2.77. The van der Waals surface area contributed by atoms with Crippen molar-refractivity contribution in [3.63, 3.8) is 0 Å². The van der Waals surface area contributed by atoms with Crippen LogP contribution in [0.5, 0.6) is 0 Å². The first kappa shape index (κ1) is 13.5. The van der Waals surface area contributed by atoms with Crippen LogP contribution in [-0.2, 0) is 0 Å². The van der Waals surface area contributed by atoms with Gasteiger partial charge in [0.2, 0.25) is 0 Å². The summed E-state index contributed by atoms with van der Waals surface area (Å²) in [5.41, 5.74) is 1.06. The highest BCUT2D eigenvalue weighted by atomic mass is 16.6. The highest BCUT2D eigenvalue weighted by Gasteiger charge is 2.17. The number of nitrogens with one attached hydrogen (secondary N) is 1. The van der Waals surface area contributed by atoms with Gasteiger partial charge >= 0.3 is 0 Å². The maximum atomic E-state index is 10.5. The minimum Gasteiger partial charge on any atom is -0.382 e. The fraction of sp³-hybridized carbons (Fsp3) is 0.538. The predicted molar refractivity (Wildman–Crippen MR) is 70.2 cm³/mol. The van der Waals surface area contributed by atoms with Gasteiger partial charge in [0.15, 0.2) is 0 Å². The summed E-state index contributed by atoms with van der Waals surface area (Å²) in [5, 5.41) is 14.0. The lowest BCUT2D eigenvalue weighted by molar-refractivity contribution is -0.384. The van der Waals surface area contributed by atoms with E-state index in [2.05, 4.69) is 33.0 Å². The smallest absolute Gasteiger partial charge is 0.269 e. The Hall–Kier alpha value is -1.58. The summed E-state index contributed by atoms with van der Waals surface area (Å²) in [6.07, 6.45) is 0. The van der Waals surface area contributed by atoms with Crippen LogP contribution >= 0.6 is 0 Å². The molecule has 4 heteroatoms. The topological polar surface area (TPSA) is 55.2 Å². The number of nitro benzene ring substituents is 1. The van der Waals surface area contributed by atoms with Crippen LogP contribution in [0.1, 0.15) is 27.7 Å². The lowest BCUT2D eigenvalue weighted by atomic mass is 9.93. The second-order valence-electron chi connectivity index (χ2n) is 4.96. The number of anilines is 1. The molecule has 0 bridgehead atoms. The van der Waals surface area contributed by atoms with Gasteiger partial charge in [0.25, 0.3) is 5.69 Å². The number of nitrogens with zero attached hydrogens (tertiary/aromatic N) is 1. The summed E-state index contributed by atoms with van der Waals surface area (Å²) in [4.78, 5) is 10.2. The maximum absolute atomic E-state index is 10.5. The Labute approximate surface area is 102 Å². The van der Waals surface area contributed by atoms with Gasteiger partial charge in [0.05, 0.1) is 4.92 Å². The largest absolute Gasteiger partial charge is 0.382 e. The molecule has 0 atom stereocenters. The van der Waals surface area contributed by atoms with Gasteiger partial charge in [-0.15, -0.1) is 0 Å². The standard InChI is InChI=1S/C13H20N2O2/c1-9(2)13(10(3)4)14-11-5-7-12(8-6-11)15(16)17/h5-10,13-14H,1-4H3. The summed E-state index contributed by atoms with van der Waals surface area (Å²) < 4.78 is 0. The number of hydrogen-bond acceptors (Lipinski definition) is 3. The molecule has 0 spiro atoms. The number of nitro groups is 1. The number of rotatable bonds is 5. The van der Waals surface area contributed by atoms with Gasteiger partial charge in [0, 0.05) is 23.9 Å². The predicted octanol–water partition coefficient (Wildman–Crippen LogP) is 3.69. The van der Waals surface area contributed by atoms with E-state index in [4.69, 9.17) is 0 Å². The Bertz CT molecular complexity index is 364. The zero-order valence-corrected chi connectivity index (χ0v) is 10.8. The summed E-state index contributed by atoms with van der Waals surface area (Å²) in [5.74, 6) is 1.04. The second-order valence-corrected chi connectivity index (χ2v) is 4.96. The number of benzene rings is 1. The van der Waals surface area contributed by atoms with Crippen molar-refractivity contribution in [3.8, 4) is 0 Å². The third-order valence-electron chi connectivity index (χ3n) is 2.85. The van der Waals surface area contributed by atoms with Crippen molar-refractivity contribution < 1.29 is 4.92 Å². The molecule has 0 saturated carbocycles. The van der Waals surface area contributed by atoms with Gasteiger partial charge in [-0.25, -0.2) is 0 Å². The average molecular weight is 236 g/mol. The van der Waals surface area contributed by atoms with Crippen molar-refractivity contribution in [2.24, 2.45) is 11.8 Å². The lowest BCUT2D eigenvalue weighted by Crippen LogP contribution is -2.30. The summed E-state index contributed by atoms with van der Waals surface area (Å²) >= 11 is 0. The van der Waals surface area contributed by atoms with Crippen LogP contribution in [0, 0.1) is 22.0 Å². The van der Waals surface area contributed by atoms with Crippen molar-refractivity contribution in [3.05, 3.63) is 34.4 Å². The van der Waals surface area contributed by atoms with Crippen LogP contribution in [0.4, 0.5) is 11.4 Å². The fourth-order valence-corrected chi connectivity index (χ4v) is 1.97. The van der Waals surface area contributed by atoms with E-state index in [1.54, 1.807) is 12.1 Å². The van der Waals surface area contributed by atoms with Crippen LogP contribution in [0.3, 0.4) is 0 Å². The van der Waals surface area contributed by atoms with Crippen molar-refractivity contribution >= 4 is 11.4 Å². The fourth-order valence-electron chi connectivity index (χ4n) is 1.97. The zero-order chi connectivity index (χ0) is 13.0. The van der Waals surface area contributed by atoms with Gasteiger partial charge in [-0.2, -0.15) is 0 Å². The first-order chi connectivity index (χ1) is 7.91. The van der Waals surface area contributed by atoms with Crippen molar-refractivity contribution in [1.29, 1.82) is 0 Å². The zero-order valence-electron chi connectivity index (χ0n) is 10.8. The molecule has 4 nitrogen and oxygen atoms in total. The van der Waals surface area contributed by atoms with E-state index in [9.17, 15) is 10.1 Å². The second kappa shape index (κ2) is 5.66. The molecular formula is C13H20N2O2. The summed E-state index contributed by atoms with van der Waals surface area (Å²) in [7, 11) is 0. The number of non-ortho nitro benzene ring substituents is 1. The van der Waals surface area contributed by atoms with E-state index in [0.29, 0.717) is 17.9 Å². The first-order valence-corrected chi connectivity index (χ1v) is 5.92. The molecule has 0 amide bonds. The Morgan fingerprint density at radius 2 is 1.53 bits per heavy atom. The van der Waals surface area contributed by atoms with E-state index < -0.39 is 0 Å². The monoisotopic (exact) mass is 236 g/mol. The van der Waals surface area contributed by atoms with Gasteiger partial charge in [-0.1, -0.05) is 27.7 Å². The van der Waals surface area contributed by atoms with Crippen molar-refractivity contribution in [2.45, 2.75) is 33.7 Å². The molecule has 0 fully saturated rings. The minimum atomic E-state index is -0.383. The lowest BCUT2D eigenvalue weighted by Gasteiger charge is -2.27. The highest BCUT2D eigenvalue weighted by molar-refractivity contribution is 5.49. The molecule has 94 valence electrons. The van der Waals surface area contributed by atoms with Crippen LogP contribution in [0.25, 0.3) is 0 Å². The first-order valence-electron chi connectivity index (χ1n) is 5.92. The maximum Gasteiger partial charge on any atom is 0.269 e. The van der Waals surface area contributed by atoms with Crippen molar-refractivity contribution in [2.75, 3.05) is 5.32 Å². The van der Waals surface area contributed by atoms with Crippen LogP contribution < -0.4 is 5.32 Å². The van der Waals surface area contributed by atoms with Crippen LogP contribution in [-0.4, -0.2) is 11.0 Å². The average Bonchev–Trinajstić information content (AvgIpc) is 2.25. The molecule has 0 aliphatic rings. The third-order valence-corrected chi connectivity index (χ3v) is 2.85. The van der Waals surface area contributed by atoms with Gasteiger partial charge < -0.3 is 5.32 Å². The molecule has 1 aromatic carbocycles. The van der Waals surface area contributed by atoms with Gasteiger partial charge in [-0.05, 0) is 24.0 Å². The molecule has 0 aliphatic heterocycles. The van der Waals surface area contributed by atoms with Gasteiger partial charge in [0.1, 0.15) is 0 Å². The normalized spacial score (nSPS) is 11.2. The molecule has 0 aromatic heterocycles. The molecule has 0 unspecified atom stereocenters. The van der Waals surface area contributed by atoms with E-state index in [1.165, 1.54) is 12.1 Å². The SMILES string of the molecule is CC(C)C(Nc1ccc([N+](=O)[O-])cc1)C(C)C. The molecule has 0 heterocycles. The van der Waals surface area contributed by atoms with E-state index in [1.807, 2.05) is 0 Å². The molecule has 0 radical (unpaired) electrons. The third kappa shape index (κ3) is 3.73. The molecule has 1 rings (SSSR count). The molecule has 1 aromatic rings. The molecule has 17 heavy (non-hydrogen) atoms. The molecular weight excluding hydrogens is 216 g/mol. The molecule has 1 N–H and O–H groups in total. The van der Waals surface area contributed by atoms with E-state index >= 15 is 0 Å². The van der Waals surface area contributed by atoms with Crippen LogP contribution in [0.2, 0.25) is 0 Å². The Morgan fingerprint density at radius 1 is 1.06 bits per heavy atom. The number of hydrogen-bond donors (Lipinski definition) is 1. The molecule has 0 saturated heterocycles. The van der Waals surface area contributed by atoms with E-state index in [0.717, 1.165) is 5.69 Å². The Kier molecular flexibility index (Phi) is 4.49. The summed E-state index contributed by atoms with van der Waals surface area (Å²) in [6, 6.07) is 6.95.